The zero-order valence-electron chi connectivity index (χ0n) is 17.2. The number of hydrogen-bond donors (Lipinski definition) is 0. The summed E-state index contributed by atoms with van der Waals surface area (Å²) in [6, 6.07) is 11.5. The lowest BCUT2D eigenvalue weighted by Gasteiger charge is -2.07. The standard InChI is InChI=1S/C22H20ClN3O2S3/c1-13-6-7-16(10-19(13)23)26-22(29)31-21(24-26)30-12-20(27)18-9-14(2)25(15(18)3)11-17-5-4-8-28-17/h4-10H,11-12H2,1-3H3. The maximum absolute atomic E-state index is 12.9. The minimum absolute atomic E-state index is 0.0647. The van der Waals surface area contributed by atoms with Crippen LogP contribution in [0.5, 0.6) is 0 Å². The number of aryl methyl sites for hydroxylation is 2. The highest BCUT2D eigenvalue weighted by Crippen LogP contribution is 2.27. The molecule has 3 heterocycles. The molecule has 31 heavy (non-hydrogen) atoms. The average Bonchev–Trinajstić information content (AvgIpc) is 3.45. The van der Waals surface area contributed by atoms with E-state index >= 15 is 0 Å². The largest absolute Gasteiger partial charge is 0.467 e. The van der Waals surface area contributed by atoms with Crippen LogP contribution < -0.4 is 0 Å². The molecule has 0 bridgehead atoms. The van der Waals surface area contributed by atoms with Gasteiger partial charge in [0.2, 0.25) is 0 Å². The van der Waals surface area contributed by atoms with Crippen molar-refractivity contribution in [3.05, 3.63) is 79.9 Å². The molecular weight excluding hydrogens is 470 g/mol. The second-order valence-corrected chi connectivity index (χ2v) is 10.4. The van der Waals surface area contributed by atoms with Crippen LogP contribution in [0, 0.1) is 24.7 Å². The maximum Gasteiger partial charge on any atom is 0.184 e. The van der Waals surface area contributed by atoms with Gasteiger partial charge in [-0.3, -0.25) is 4.79 Å². The number of Topliss-reactive ketones (excluding diaryl/α,β-unsaturated/α-hetero) is 1. The zero-order valence-corrected chi connectivity index (χ0v) is 20.4. The van der Waals surface area contributed by atoms with Gasteiger partial charge in [-0.1, -0.05) is 40.8 Å². The summed E-state index contributed by atoms with van der Waals surface area (Å²) >= 11 is 14.5. The first kappa shape index (κ1) is 22.1. The number of ketones is 1. The van der Waals surface area contributed by atoms with E-state index in [2.05, 4.69) is 9.67 Å². The summed E-state index contributed by atoms with van der Waals surface area (Å²) in [7, 11) is 0. The third-order valence-electron chi connectivity index (χ3n) is 5.02. The number of hydrogen-bond acceptors (Lipinski definition) is 6. The molecule has 0 radical (unpaired) electrons. The van der Waals surface area contributed by atoms with Gasteiger partial charge in [0.1, 0.15) is 5.76 Å². The molecule has 160 valence electrons. The van der Waals surface area contributed by atoms with E-state index in [4.69, 9.17) is 28.2 Å². The number of aromatic nitrogens is 3. The van der Waals surface area contributed by atoms with Crippen molar-refractivity contribution in [2.45, 2.75) is 31.7 Å². The highest BCUT2D eigenvalue weighted by molar-refractivity contribution is 8.01. The molecule has 0 amide bonds. The van der Waals surface area contributed by atoms with Gasteiger partial charge >= 0.3 is 0 Å². The molecule has 0 fully saturated rings. The van der Waals surface area contributed by atoms with Gasteiger partial charge in [0, 0.05) is 22.0 Å². The number of rotatable bonds is 7. The molecule has 9 heteroatoms. The van der Waals surface area contributed by atoms with Crippen molar-refractivity contribution >= 4 is 52.7 Å². The minimum Gasteiger partial charge on any atom is -0.467 e. The molecule has 4 aromatic rings. The predicted molar refractivity (Wildman–Crippen MR) is 129 cm³/mol. The fourth-order valence-electron chi connectivity index (χ4n) is 3.29. The summed E-state index contributed by atoms with van der Waals surface area (Å²) in [5, 5.41) is 5.25. The lowest BCUT2D eigenvalue weighted by molar-refractivity contribution is 0.102. The Balaban J connectivity index is 1.48. The van der Waals surface area contributed by atoms with Crippen LogP contribution >= 0.6 is 46.9 Å². The first-order valence-corrected chi connectivity index (χ1v) is 12.1. The molecule has 0 unspecified atom stereocenters. The van der Waals surface area contributed by atoms with Crippen LogP contribution in [-0.4, -0.2) is 25.9 Å². The van der Waals surface area contributed by atoms with E-state index in [1.54, 1.807) is 10.9 Å². The van der Waals surface area contributed by atoms with Crippen molar-refractivity contribution in [3.63, 3.8) is 0 Å². The van der Waals surface area contributed by atoms with Crippen LogP contribution in [-0.2, 0) is 6.54 Å². The van der Waals surface area contributed by atoms with Crippen molar-refractivity contribution in [2.75, 3.05) is 5.75 Å². The maximum atomic E-state index is 12.9. The molecule has 4 rings (SSSR count). The average molecular weight is 490 g/mol. The van der Waals surface area contributed by atoms with Crippen LogP contribution in [0.3, 0.4) is 0 Å². The SMILES string of the molecule is Cc1ccc(-n2nc(SCC(=O)c3cc(C)n(Cc4ccco4)c3C)sc2=S)cc1Cl. The highest BCUT2D eigenvalue weighted by atomic mass is 35.5. The topological polar surface area (TPSA) is 53.0 Å². The third kappa shape index (κ3) is 4.72. The Hall–Kier alpha value is -2.13. The molecule has 1 aromatic carbocycles. The van der Waals surface area contributed by atoms with Crippen LogP contribution in [0.15, 0.2) is 51.4 Å². The fourth-order valence-corrected chi connectivity index (χ4v) is 5.71. The normalized spacial score (nSPS) is 11.2. The van der Waals surface area contributed by atoms with Gasteiger partial charge in [-0.25, -0.2) is 4.68 Å². The van der Waals surface area contributed by atoms with Crippen LogP contribution in [0.25, 0.3) is 5.69 Å². The van der Waals surface area contributed by atoms with Crippen molar-refractivity contribution < 1.29 is 9.21 Å². The monoisotopic (exact) mass is 489 g/mol. The van der Waals surface area contributed by atoms with E-state index in [0.717, 1.165) is 38.3 Å². The molecule has 0 saturated carbocycles. The lowest BCUT2D eigenvalue weighted by atomic mass is 10.2. The Morgan fingerprint density at radius 3 is 2.77 bits per heavy atom. The van der Waals surface area contributed by atoms with E-state index in [9.17, 15) is 4.79 Å². The highest BCUT2D eigenvalue weighted by Gasteiger charge is 2.18. The number of carbonyl (C=O) groups is 1. The summed E-state index contributed by atoms with van der Waals surface area (Å²) in [5.41, 5.74) is 4.50. The number of nitrogens with zero attached hydrogens (tertiary/aromatic N) is 3. The minimum atomic E-state index is 0.0647. The van der Waals surface area contributed by atoms with Crippen molar-refractivity contribution in [1.29, 1.82) is 0 Å². The first-order chi connectivity index (χ1) is 14.8. The summed E-state index contributed by atoms with van der Waals surface area (Å²) in [6.07, 6.45) is 1.66. The molecule has 0 aliphatic carbocycles. The van der Waals surface area contributed by atoms with Gasteiger partial charge in [-0.05, 0) is 68.9 Å². The van der Waals surface area contributed by atoms with E-state index in [-0.39, 0.29) is 5.78 Å². The van der Waals surface area contributed by atoms with Crippen LogP contribution in [0.2, 0.25) is 5.02 Å². The molecule has 0 aliphatic heterocycles. The number of thioether (sulfide) groups is 1. The quantitative estimate of drug-likeness (QED) is 0.165. The Morgan fingerprint density at radius 1 is 1.26 bits per heavy atom. The van der Waals surface area contributed by atoms with Gasteiger partial charge in [0.05, 0.1) is 24.2 Å². The molecule has 3 aromatic heterocycles. The van der Waals surface area contributed by atoms with Crippen LogP contribution in [0.1, 0.15) is 33.1 Å². The molecule has 0 aliphatic rings. The molecule has 0 spiro atoms. The summed E-state index contributed by atoms with van der Waals surface area (Å²) in [5.74, 6) is 1.22. The number of carbonyl (C=O) groups excluding carboxylic acids is 1. The van der Waals surface area contributed by atoms with Crippen LogP contribution in [0.4, 0.5) is 0 Å². The Bertz CT molecular complexity index is 1300. The fraction of sp³-hybridized carbons (Fsp3) is 0.227. The Morgan fingerprint density at radius 2 is 2.06 bits per heavy atom. The third-order valence-corrected chi connectivity index (χ3v) is 7.80. The van der Waals surface area contributed by atoms with E-state index < -0.39 is 0 Å². The van der Waals surface area contributed by atoms with Gasteiger partial charge < -0.3 is 8.98 Å². The van der Waals surface area contributed by atoms with Crippen molar-refractivity contribution in [2.24, 2.45) is 0 Å². The molecule has 0 atom stereocenters. The van der Waals surface area contributed by atoms with E-state index in [1.165, 1.54) is 23.1 Å². The second kappa shape index (κ2) is 9.16. The summed E-state index contributed by atoms with van der Waals surface area (Å²) < 4.78 is 10.6. The molecule has 0 saturated heterocycles. The second-order valence-electron chi connectivity index (χ2n) is 7.14. The summed E-state index contributed by atoms with van der Waals surface area (Å²) in [6.45, 7) is 6.52. The van der Waals surface area contributed by atoms with Crippen molar-refractivity contribution in [3.8, 4) is 5.69 Å². The Labute approximate surface area is 198 Å². The smallest absolute Gasteiger partial charge is 0.184 e. The van der Waals surface area contributed by atoms with E-state index in [0.29, 0.717) is 21.3 Å². The van der Waals surface area contributed by atoms with Gasteiger partial charge in [0.25, 0.3) is 0 Å². The number of furan rings is 1. The molecule has 5 nitrogen and oxygen atoms in total. The number of halogens is 1. The van der Waals surface area contributed by atoms with E-state index in [1.807, 2.05) is 57.2 Å². The molecular formula is C22H20ClN3O2S3. The zero-order chi connectivity index (χ0) is 22.1. The first-order valence-electron chi connectivity index (χ1n) is 9.55. The number of benzene rings is 1. The van der Waals surface area contributed by atoms with Crippen molar-refractivity contribution in [1.82, 2.24) is 14.3 Å². The Kier molecular flexibility index (Phi) is 6.52. The van der Waals surface area contributed by atoms with Gasteiger partial charge in [-0.2, -0.15) is 0 Å². The predicted octanol–water partition coefficient (Wildman–Crippen LogP) is 6.66. The van der Waals surface area contributed by atoms with Gasteiger partial charge in [-0.15, -0.1) is 5.10 Å². The molecule has 0 N–H and O–H groups in total. The summed E-state index contributed by atoms with van der Waals surface area (Å²) in [4.78, 5) is 12.9. The lowest BCUT2D eigenvalue weighted by Crippen LogP contribution is -2.07. The van der Waals surface area contributed by atoms with Gasteiger partial charge in [0.15, 0.2) is 14.1 Å².